The molecule has 94 valence electrons. The molecule has 0 atom stereocenters. The molecule has 1 aromatic rings. The number of hydrogen-bond donors (Lipinski definition) is 1. The Kier molecular flexibility index (Phi) is 3.51. The van der Waals surface area contributed by atoms with Crippen LogP contribution in [0.5, 0.6) is 0 Å². The molecule has 17 heavy (non-hydrogen) atoms. The van der Waals surface area contributed by atoms with Gasteiger partial charge in [-0.2, -0.15) is 13.2 Å². The Morgan fingerprint density at radius 3 is 2.35 bits per heavy atom. The minimum atomic E-state index is -4.80. The molecule has 1 N–H and O–H groups in total. The predicted molar refractivity (Wildman–Crippen MR) is 55.5 cm³/mol. The van der Waals surface area contributed by atoms with Crippen molar-refractivity contribution >= 4 is 23.4 Å². The second-order valence-electron chi connectivity index (χ2n) is 3.39. The van der Waals surface area contributed by atoms with Crippen LogP contribution in [-0.2, 0) is 6.18 Å². The molecule has 4 nitrogen and oxygen atoms in total. The molecule has 0 aliphatic heterocycles. The van der Waals surface area contributed by atoms with Gasteiger partial charge >= 0.3 is 12.1 Å². The van der Waals surface area contributed by atoms with Crippen molar-refractivity contribution in [3.63, 3.8) is 0 Å². The van der Waals surface area contributed by atoms with E-state index in [4.69, 9.17) is 16.7 Å². The third kappa shape index (κ3) is 2.79. The average Bonchev–Trinajstić information content (AvgIpc) is 2.14. The number of alkyl halides is 3. The summed E-state index contributed by atoms with van der Waals surface area (Å²) in [6.07, 6.45) is -4.80. The Morgan fingerprint density at radius 2 is 2.00 bits per heavy atom. The molecular formula is C9H8ClF3N2O2. The molecule has 8 heteroatoms. The topological polar surface area (TPSA) is 53.4 Å². The zero-order chi connectivity index (χ0) is 13.4. The van der Waals surface area contributed by atoms with E-state index in [-0.39, 0.29) is 5.82 Å². The van der Waals surface area contributed by atoms with Gasteiger partial charge in [0.1, 0.15) is 16.5 Å². The third-order valence-corrected chi connectivity index (χ3v) is 2.11. The molecule has 0 aliphatic carbocycles. The van der Waals surface area contributed by atoms with Crippen molar-refractivity contribution in [2.24, 2.45) is 0 Å². The van der Waals surface area contributed by atoms with E-state index in [1.807, 2.05) is 0 Å². The average molecular weight is 269 g/mol. The fourth-order valence-corrected chi connectivity index (χ4v) is 1.45. The first kappa shape index (κ1) is 13.6. The normalized spacial score (nSPS) is 11.4. The van der Waals surface area contributed by atoms with Crippen LogP contribution in [0, 0.1) is 0 Å². The fourth-order valence-electron chi connectivity index (χ4n) is 1.26. The Bertz CT molecular complexity index is 460. The number of carboxylic acid groups (broad SMARTS) is 1. The van der Waals surface area contributed by atoms with Crippen LogP contribution >= 0.6 is 11.6 Å². The molecule has 1 aromatic heterocycles. The number of halogens is 4. The monoisotopic (exact) mass is 268 g/mol. The third-order valence-electron chi connectivity index (χ3n) is 1.91. The van der Waals surface area contributed by atoms with Gasteiger partial charge < -0.3 is 10.0 Å². The van der Waals surface area contributed by atoms with Crippen molar-refractivity contribution in [3.05, 3.63) is 22.3 Å². The summed E-state index contributed by atoms with van der Waals surface area (Å²) in [5, 5.41) is 8.43. The number of aromatic nitrogens is 1. The molecule has 1 heterocycles. The Morgan fingerprint density at radius 1 is 1.47 bits per heavy atom. The second kappa shape index (κ2) is 4.40. The summed E-state index contributed by atoms with van der Waals surface area (Å²) < 4.78 is 38.0. The van der Waals surface area contributed by atoms with Crippen molar-refractivity contribution < 1.29 is 23.1 Å². The maximum Gasteiger partial charge on any atom is 0.417 e. The van der Waals surface area contributed by atoms with Crippen molar-refractivity contribution in [3.8, 4) is 0 Å². The number of carbonyl (C=O) groups is 1. The Balaban J connectivity index is 3.64. The molecule has 0 fully saturated rings. The molecule has 0 aromatic carbocycles. The summed E-state index contributed by atoms with van der Waals surface area (Å²) in [6, 6.07) is 0.498. The van der Waals surface area contributed by atoms with Crippen LogP contribution in [0.2, 0.25) is 5.15 Å². The van der Waals surface area contributed by atoms with Crippen LogP contribution in [0.3, 0.4) is 0 Å². The first-order valence-electron chi connectivity index (χ1n) is 4.33. The van der Waals surface area contributed by atoms with Gasteiger partial charge in [-0.25, -0.2) is 9.78 Å². The van der Waals surface area contributed by atoms with E-state index in [9.17, 15) is 18.0 Å². The SMILES string of the molecule is CN(C)c1nc(Cl)cc(C(F)(F)F)c1C(=O)O. The van der Waals surface area contributed by atoms with Gasteiger partial charge in [-0.05, 0) is 6.07 Å². The number of anilines is 1. The minimum absolute atomic E-state index is 0.336. The molecule has 0 saturated heterocycles. The van der Waals surface area contributed by atoms with Crippen molar-refractivity contribution in [2.45, 2.75) is 6.18 Å². The number of carboxylic acids is 1. The van der Waals surface area contributed by atoms with Gasteiger partial charge in [0.25, 0.3) is 0 Å². The Hall–Kier alpha value is -1.50. The minimum Gasteiger partial charge on any atom is -0.478 e. The van der Waals surface area contributed by atoms with E-state index in [0.717, 1.165) is 4.90 Å². The van der Waals surface area contributed by atoms with Gasteiger partial charge in [0.05, 0.1) is 5.56 Å². The first-order chi connectivity index (χ1) is 7.64. The summed E-state index contributed by atoms with van der Waals surface area (Å²) in [5.41, 5.74) is -2.22. The molecule has 1 rings (SSSR count). The van der Waals surface area contributed by atoms with E-state index >= 15 is 0 Å². The van der Waals surface area contributed by atoms with E-state index in [1.54, 1.807) is 0 Å². The lowest BCUT2D eigenvalue weighted by atomic mass is 10.1. The van der Waals surface area contributed by atoms with Crippen LogP contribution in [0.25, 0.3) is 0 Å². The quantitative estimate of drug-likeness (QED) is 0.838. The van der Waals surface area contributed by atoms with Crippen LogP contribution in [-0.4, -0.2) is 30.2 Å². The summed E-state index contributed by atoms with van der Waals surface area (Å²) in [6.45, 7) is 0. The lowest BCUT2D eigenvalue weighted by molar-refractivity contribution is -0.138. The second-order valence-corrected chi connectivity index (χ2v) is 3.78. The van der Waals surface area contributed by atoms with Crippen LogP contribution in [0.15, 0.2) is 6.07 Å². The Labute approximate surface area is 99.6 Å². The van der Waals surface area contributed by atoms with Crippen molar-refractivity contribution in [1.82, 2.24) is 4.98 Å². The van der Waals surface area contributed by atoms with Gasteiger partial charge in [-0.15, -0.1) is 0 Å². The highest BCUT2D eigenvalue weighted by molar-refractivity contribution is 6.29. The number of rotatable bonds is 2. The van der Waals surface area contributed by atoms with Crippen LogP contribution in [0.4, 0.5) is 19.0 Å². The molecule has 0 amide bonds. The first-order valence-corrected chi connectivity index (χ1v) is 4.70. The lowest BCUT2D eigenvalue weighted by Crippen LogP contribution is -2.21. The van der Waals surface area contributed by atoms with Crippen LogP contribution in [0.1, 0.15) is 15.9 Å². The van der Waals surface area contributed by atoms with Gasteiger partial charge in [-0.3, -0.25) is 0 Å². The number of pyridine rings is 1. The van der Waals surface area contributed by atoms with E-state index in [2.05, 4.69) is 4.98 Å². The van der Waals surface area contributed by atoms with Gasteiger partial charge in [0.2, 0.25) is 0 Å². The van der Waals surface area contributed by atoms with Gasteiger partial charge in [0.15, 0.2) is 0 Å². The molecule has 0 bridgehead atoms. The summed E-state index contributed by atoms with van der Waals surface area (Å²) in [4.78, 5) is 15.6. The standard InChI is InChI=1S/C9H8ClF3N2O2/c1-15(2)7-6(8(16)17)4(9(11,12)13)3-5(10)14-7/h3H,1-2H3,(H,16,17). The maximum absolute atomic E-state index is 12.7. The zero-order valence-electron chi connectivity index (χ0n) is 8.84. The molecular weight excluding hydrogens is 261 g/mol. The van der Waals surface area contributed by atoms with E-state index < -0.39 is 28.4 Å². The summed E-state index contributed by atoms with van der Waals surface area (Å²) >= 11 is 5.45. The predicted octanol–water partition coefficient (Wildman–Crippen LogP) is 2.52. The van der Waals surface area contributed by atoms with E-state index in [0.29, 0.717) is 6.07 Å². The molecule has 0 radical (unpaired) electrons. The lowest BCUT2D eigenvalue weighted by Gasteiger charge is -2.18. The smallest absolute Gasteiger partial charge is 0.417 e. The summed E-state index contributed by atoms with van der Waals surface area (Å²) in [7, 11) is 2.76. The maximum atomic E-state index is 12.7. The molecule has 0 unspecified atom stereocenters. The van der Waals surface area contributed by atoms with Gasteiger partial charge in [0, 0.05) is 14.1 Å². The summed E-state index contributed by atoms with van der Waals surface area (Å²) in [5.74, 6) is -2.04. The highest BCUT2D eigenvalue weighted by Gasteiger charge is 2.38. The number of hydrogen-bond acceptors (Lipinski definition) is 3. The highest BCUT2D eigenvalue weighted by Crippen LogP contribution is 2.36. The largest absolute Gasteiger partial charge is 0.478 e. The van der Waals surface area contributed by atoms with Gasteiger partial charge in [-0.1, -0.05) is 11.6 Å². The van der Waals surface area contributed by atoms with Crippen molar-refractivity contribution in [1.29, 1.82) is 0 Å². The number of aromatic carboxylic acids is 1. The van der Waals surface area contributed by atoms with E-state index in [1.165, 1.54) is 14.1 Å². The fraction of sp³-hybridized carbons (Fsp3) is 0.333. The number of nitrogens with zero attached hydrogens (tertiary/aromatic N) is 2. The molecule has 0 spiro atoms. The van der Waals surface area contributed by atoms with Crippen molar-refractivity contribution in [2.75, 3.05) is 19.0 Å². The zero-order valence-corrected chi connectivity index (χ0v) is 9.60. The molecule has 0 saturated carbocycles. The highest BCUT2D eigenvalue weighted by atomic mass is 35.5. The molecule has 0 aliphatic rings. The van der Waals surface area contributed by atoms with Crippen LogP contribution < -0.4 is 4.90 Å².